The Morgan fingerprint density at radius 2 is 2.00 bits per heavy atom. The van der Waals surface area contributed by atoms with Crippen molar-refractivity contribution in [2.45, 2.75) is 18.2 Å². The molecule has 1 aromatic rings. The number of hydrogen-bond acceptors (Lipinski definition) is 4. The zero-order valence-corrected chi connectivity index (χ0v) is 11.6. The second-order valence-corrected chi connectivity index (χ2v) is 5.99. The number of anilines is 1. The maximum Gasteiger partial charge on any atom is 0.244 e. The summed E-state index contributed by atoms with van der Waals surface area (Å²) in [5, 5.41) is 11.9. The van der Waals surface area contributed by atoms with E-state index < -0.39 is 10.0 Å². The Balaban J connectivity index is 3.07. The normalized spacial score (nSPS) is 11.8. The molecule has 0 radical (unpaired) electrons. The van der Waals surface area contributed by atoms with Gasteiger partial charge in [-0.2, -0.15) is 4.31 Å². The van der Waals surface area contributed by atoms with E-state index in [1.54, 1.807) is 24.3 Å². The van der Waals surface area contributed by atoms with Gasteiger partial charge in [0, 0.05) is 20.1 Å². The van der Waals surface area contributed by atoms with Crippen LogP contribution in [0, 0.1) is 0 Å². The Morgan fingerprint density at radius 1 is 1.33 bits per heavy atom. The van der Waals surface area contributed by atoms with Gasteiger partial charge >= 0.3 is 0 Å². The Hall–Kier alpha value is -1.11. The van der Waals surface area contributed by atoms with E-state index in [1.807, 2.05) is 6.92 Å². The van der Waals surface area contributed by atoms with Crippen LogP contribution in [0.5, 0.6) is 0 Å². The first kappa shape index (κ1) is 14.9. The topological polar surface area (TPSA) is 69.6 Å². The summed E-state index contributed by atoms with van der Waals surface area (Å²) >= 11 is 0. The van der Waals surface area contributed by atoms with Gasteiger partial charge in [0.15, 0.2) is 0 Å². The molecule has 0 saturated carbocycles. The zero-order valence-electron chi connectivity index (χ0n) is 10.8. The molecule has 1 aromatic carbocycles. The highest BCUT2D eigenvalue weighted by Crippen LogP contribution is 2.23. The van der Waals surface area contributed by atoms with Crippen LogP contribution in [0.2, 0.25) is 0 Å². The van der Waals surface area contributed by atoms with Crippen molar-refractivity contribution < 1.29 is 13.5 Å². The fraction of sp³-hybridized carbons (Fsp3) is 0.500. The van der Waals surface area contributed by atoms with Crippen LogP contribution in [0.25, 0.3) is 0 Å². The van der Waals surface area contributed by atoms with E-state index in [1.165, 1.54) is 7.05 Å². The van der Waals surface area contributed by atoms with Gasteiger partial charge in [-0.15, -0.1) is 0 Å². The minimum absolute atomic E-state index is 0.0877. The smallest absolute Gasteiger partial charge is 0.244 e. The molecule has 0 bridgehead atoms. The Morgan fingerprint density at radius 3 is 2.61 bits per heavy atom. The third-order valence-corrected chi connectivity index (χ3v) is 4.47. The maximum absolute atomic E-state index is 12.3. The number of nitrogens with one attached hydrogen (secondary N) is 1. The van der Waals surface area contributed by atoms with Gasteiger partial charge in [-0.05, 0) is 18.6 Å². The molecule has 0 saturated heterocycles. The summed E-state index contributed by atoms with van der Waals surface area (Å²) in [5.74, 6) is 0. The number of benzene rings is 1. The number of hydrogen-bond donors (Lipinski definition) is 2. The monoisotopic (exact) mass is 272 g/mol. The molecule has 6 heteroatoms. The molecular weight excluding hydrogens is 252 g/mol. The first-order valence-corrected chi connectivity index (χ1v) is 7.38. The van der Waals surface area contributed by atoms with E-state index in [-0.39, 0.29) is 18.0 Å². The first-order valence-electron chi connectivity index (χ1n) is 5.94. The fourth-order valence-electron chi connectivity index (χ4n) is 1.53. The van der Waals surface area contributed by atoms with Crippen molar-refractivity contribution >= 4 is 15.7 Å². The van der Waals surface area contributed by atoms with Gasteiger partial charge in [0.2, 0.25) is 10.0 Å². The van der Waals surface area contributed by atoms with Crippen molar-refractivity contribution in [3.8, 4) is 0 Å². The van der Waals surface area contributed by atoms with Crippen LogP contribution in [-0.2, 0) is 10.0 Å². The molecule has 2 N–H and O–H groups in total. The van der Waals surface area contributed by atoms with Crippen molar-refractivity contribution in [2.24, 2.45) is 0 Å². The number of nitrogens with zero attached hydrogens (tertiary/aromatic N) is 1. The highest BCUT2D eigenvalue weighted by atomic mass is 32.2. The number of aliphatic hydroxyl groups excluding tert-OH is 1. The maximum atomic E-state index is 12.3. The molecule has 102 valence electrons. The molecule has 0 spiro atoms. The zero-order chi connectivity index (χ0) is 13.6. The summed E-state index contributed by atoms with van der Waals surface area (Å²) in [7, 11) is -2.09. The Labute approximate surface area is 108 Å². The number of sulfonamides is 1. The molecule has 0 heterocycles. The predicted molar refractivity (Wildman–Crippen MR) is 72.1 cm³/mol. The number of likely N-dealkylation sites (N-methyl/N-ethyl adjacent to an activating group) is 1. The molecule has 0 unspecified atom stereocenters. The standard InChI is InChI=1S/C12H20N2O3S/c1-3-8-13-11-6-4-5-7-12(11)18(16,17)14(2)9-10-15/h4-7,13,15H,3,8-10H2,1-2H3. The number of aliphatic hydroxyl groups is 1. The molecule has 1 rings (SSSR count). The Bertz CT molecular complexity index is 474. The predicted octanol–water partition coefficient (Wildman–Crippen LogP) is 1.12. The van der Waals surface area contributed by atoms with Crippen molar-refractivity contribution in [2.75, 3.05) is 32.1 Å². The van der Waals surface area contributed by atoms with Gasteiger partial charge in [0.05, 0.1) is 12.3 Å². The molecule has 0 aliphatic carbocycles. The van der Waals surface area contributed by atoms with E-state index in [4.69, 9.17) is 5.11 Å². The van der Waals surface area contributed by atoms with Gasteiger partial charge < -0.3 is 10.4 Å². The van der Waals surface area contributed by atoms with Crippen LogP contribution in [0.15, 0.2) is 29.2 Å². The van der Waals surface area contributed by atoms with Gasteiger partial charge in [-0.25, -0.2) is 8.42 Å². The molecule has 0 aliphatic rings. The van der Waals surface area contributed by atoms with E-state index in [9.17, 15) is 8.42 Å². The lowest BCUT2D eigenvalue weighted by atomic mass is 10.3. The molecule has 0 fully saturated rings. The third-order valence-electron chi connectivity index (χ3n) is 2.56. The highest BCUT2D eigenvalue weighted by molar-refractivity contribution is 7.89. The van der Waals surface area contributed by atoms with Crippen LogP contribution < -0.4 is 5.32 Å². The van der Waals surface area contributed by atoms with Gasteiger partial charge in [-0.3, -0.25) is 0 Å². The lowest BCUT2D eigenvalue weighted by Crippen LogP contribution is -2.30. The van der Waals surface area contributed by atoms with E-state index in [0.717, 1.165) is 17.3 Å². The van der Waals surface area contributed by atoms with E-state index >= 15 is 0 Å². The molecule has 5 nitrogen and oxygen atoms in total. The van der Waals surface area contributed by atoms with Crippen LogP contribution in [-0.4, -0.2) is 44.6 Å². The molecule has 18 heavy (non-hydrogen) atoms. The largest absolute Gasteiger partial charge is 0.395 e. The SMILES string of the molecule is CCCNc1ccccc1S(=O)(=O)N(C)CCO. The lowest BCUT2D eigenvalue weighted by Gasteiger charge is -2.18. The summed E-state index contributed by atoms with van der Waals surface area (Å²) in [6, 6.07) is 6.80. The van der Waals surface area contributed by atoms with E-state index in [0.29, 0.717) is 5.69 Å². The fourth-order valence-corrected chi connectivity index (χ4v) is 2.85. The lowest BCUT2D eigenvalue weighted by molar-refractivity contribution is 0.266. The first-order chi connectivity index (χ1) is 8.54. The summed E-state index contributed by atoms with van der Waals surface area (Å²) in [5.41, 5.74) is 0.601. The van der Waals surface area contributed by atoms with Crippen LogP contribution in [0.4, 0.5) is 5.69 Å². The summed E-state index contributed by atoms with van der Waals surface area (Å²) in [6.07, 6.45) is 0.918. The average molecular weight is 272 g/mol. The minimum Gasteiger partial charge on any atom is -0.395 e. The second-order valence-electron chi connectivity index (χ2n) is 3.97. The van der Waals surface area contributed by atoms with Gasteiger partial charge in [-0.1, -0.05) is 19.1 Å². The molecular formula is C12H20N2O3S. The summed E-state index contributed by atoms with van der Waals surface area (Å²) in [6.45, 7) is 2.63. The molecule has 0 amide bonds. The molecule has 0 aromatic heterocycles. The summed E-state index contributed by atoms with van der Waals surface area (Å²) < 4.78 is 25.7. The second kappa shape index (κ2) is 6.72. The molecule has 0 atom stereocenters. The quantitative estimate of drug-likeness (QED) is 0.780. The van der Waals surface area contributed by atoms with Crippen LogP contribution >= 0.6 is 0 Å². The third kappa shape index (κ3) is 3.44. The van der Waals surface area contributed by atoms with Crippen molar-refractivity contribution in [3.05, 3.63) is 24.3 Å². The summed E-state index contributed by atoms with van der Waals surface area (Å²) in [4.78, 5) is 0.245. The number of rotatable bonds is 7. The highest BCUT2D eigenvalue weighted by Gasteiger charge is 2.22. The van der Waals surface area contributed by atoms with Crippen LogP contribution in [0.1, 0.15) is 13.3 Å². The average Bonchev–Trinajstić information content (AvgIpc) is 2.37. The number of para-hydroxylation sites is 1. The van der Waals surface area contributed by atoms with Crippen molar-refractivity contribution in [3.63, 3.8) is 0 Å². The van der Waals surface area contributed by atoms with Crippen molar-refractivity contribution in [1.29, 1.82) is 0 Å². The molecule has 0 aliphatic heterocycles. The van der Waals surface area contributed by atoms with E-state index in [2.05, 4.69) is 5.32 Å². The van der Waals surface area contributed by atoms with Gasteiger partial charge in [0.1, 0.15) is 4.90 Å². The Kier molecular flexibility index (Phi) is 5.58. The van der Waals surface area contributed by atoms with Crippen molar-refractivity contribution in [1.82, 2.24) is 4.31 Å². The van der Waals surface area contributed by atoms with Crippen LogP contribution in [0.3, 0.4) is 0 Å². The van der Waals surface area contributed by atoms with Gasteiger partial charge in [0.25, 0.3) is 0 Å². The minimum atomic E-state index is -3.55.